The quantitative estimate of drug-likeness (QED) is 0.361. The zero-order valence-corrected chi connectivity index (χ0v) is 16.3. The van der Waals surface area contributed by atoms with Crippen molar-refractivity contribution in [2.45, 2.75) is 12.8 Å². The molecule has 0 saturated carbocycles. The minimum absolute atomic E-state index is 0.0991. The summed E-state index contributed by atoms with van der Waals surface area (Å²) < 4.78 is 5.26. The zero-order valence-electron chi connectivity index (χ0n) is 16.3. The number of benzene rings is 3. The molecule has 0 aliphatic rings. The second-order valence-corrected chi connectivity index (χ2v) is 6.67. The summed E-state index contributed by atoms with van der Waals surface area (Å²) in [6.07, 6.45) is 0. The minimum atomic E-state index is -0.666. The zero-order chi connectivity index (χ0) is 21.5. The highest BCUT2D eigenvalue weighted by atomic mass is 16.6. The Balaban J connectivity index is 1.69. The van der Waals surface area contributed by atoms with E-state index in [1.165, 1.54) is 6.07 Å². The van der Waals surface area contributed by atoms with E-state index in [4.69, 9.17) is 4.74 Å². The number of aryl methyl sites for hydroxylation is 1. The van der Waals surface area contributed by atoms with E-state index < -0.39 is 29.3 Å². The number of ether oxygens (including phenoxy) is 1. The summed E-state index contributed by atoms with van der Waals surface area (Å²) in [5.74, 6) is -1.81. The summed E-state index contributed by atoms with van der Waals surface area (Å²) in [5.41, 5.74) is 2.15. The molecule has 0 atom stereocenters. The van der Waals surface area contributed by atoms with Crippen molar-refractivity contribution in [1.82, 2.24) is 0 Å². The van der Waals surface area contributed by atoms with Crippen molar-refractivity contribution in [2.24, 2.45) is 0 Å². The molecule has 0 heterocycles. The molecule has 7 heteroatoms. The van der Waals surface area contributed by atoms with Gasteiger partial charge in [-0.1, -0.05) is 66.7 Å². The van der Waals surface area contributed by atoms with E-state index in [0.29, 0.717) is 5.56 Å². The van der Waals surface area contributed by atoms with Gasteiger partial charge in [0, 0.05) is 17.3 Å². The van der Waals surface area contributed by atoms with Gasteiger partial charge < -0.3 is 10.1 Å². The molecule has 0 unspecified atom stereocenters. The lowest BCUT2D eigenvalue weighted by Gasteiger charge is -2.17. The van der Waals surface area contributed by atoms with Crippen LogP contribution in [-0.4, -0.2) is 23.4 Å². The summed E-state index contributed by atoms with van der Waals surface area (Å²) in [7, 11) is 0. The molecule has 1 N–H and O–H groups in total. The van der Waals surface area contributed by atoms with E-state index in [1.54, 1.807) is 19.1 Å². The van der Waals surface area contributed by atoms with E-state index in [0.717, 1.165) is 11.1 Å². The first-order valence-electron chi connectivity index (χ1n) is 9.27. The third-order valence-corrected chi connectivity index (χ3v) is 4.54. The third-order valence-electron chi connectivity index (χ3n) is 4.54. The van der Waals surface area contributed by atoms with E-state index in [2.05, 4.69) is 5.32 Å². The van der Waals surface area contributed by atoms with Crippen LogP contribution in [0.15, 0.2) is 78.9 Å². The molecule has 0 radical (unpaired) electrons. The second kappa shape index (κ2) is 9.47. The normalized spacial score (nSPS) is 10.5. The average Bonchev–Trinajstić information content (AvgIpc) is 2.75. The summed E-state index contributed by atoms with van der Waals surface area (Å²) in [5, 5.41) is 13.6. The van der Waals surface area contributed by atoms with Crippen molar-refractivity contribution in [3.05, 3.63) is 106 Å². The molecule has 30 heavy (non-hydrogen) atoms. The van der Waals surface area contributed by atoms with Gasteiger partial charge in [0.1, 0.15) is 5.92 Å². The number of nitro benzene ring substituents is 1. The Bertz CT molecular complexity index is 1010. The second-order valence-electron chi connectivity index (χ2n) is 6.67. The van der Waals surface area contributed by atoms with Crippen LogP contribution in [0.1, 0.15) is 22.6 Å². The topological polar surface area (TPSA) is 98.5 Å². The lowest BCUT2D eigenvalue weighted by molar-refractivity contribution is -0.385. The largest absolute Gasteiger partial charge is 0.455 e. The number of nitrogens with one attached hydrogen (secondary N) is 1. The molecule has 0 aromatic heterocycles. The number of esters is 1. The molecule has 0 aliphatic carbocycles. The van der Waals surface area contributed by atoms with E-state index in [1.807, 2.05) is 60.7 Å². The van der Waals surface area contributed by atoms with Gasteiger partial charge in [0.2, 0.25) is 0 Å². The Morgan fingerprint density at radius 1 is 0.967 bits per heavy atom. The summed E-state index contributed by atoms with van der Waals surface area (Å²) in [6, 6.07) is 22.7. The van der Waals surface area contributed by atoms with Crippen molar-refractivity contribution in [2.75, 3.05) is 11.9 Å². The van der Waals surface area contributed by atoms with Gasteiger partial charge in [-0.2, -0.15) is 0 Å². The highest BCUT2D eigenvalue weighted by molar-refractivity contribution is 5.94. The first-order chi connectivity index (χ1) is 14.5. The number of nitro groups is 1. The molecular weight excluding hydrogens is 384 g/mol. The first-order valence-corrected chi connectivity index (χ1v) is 9.27. The molecule has 1 amide bonds. The summed E-state index contributed by atoms with van der Waals surface area (Å²) >= 11 is 0. The number of nitrogens with zero attached hydrogens (tertiary/aromatic N) is 1. The molecule has 3 aromatic carbocycles. The van der Waals surface area contributed by atoms with Gasteiger partial charge >= 0.3 is 5.97 Å². The molecule has 3 rings (SSSR count). The van der Waals surface area contributed by atoms with Crippen molar-refractivity contribution in [1.29, 1.82) is 0 Å². The van der Waals surface area contributed by atoms with Gasteiger partial charge in [-0.3, -0.25) is 19.7 Å². The monoisotopic (exact) mass is 404 g/mol. The number of hydrogen-bond acceptors (Lipinski definition) is 5. The maximum Gasteiger partial charge on any atom is 0.318 e. The Kier molecular flexibility index (Phi) is 6.54. The maximum atomic E-state index is 12.8. The molecule has 152 valence electrons. The standard InChI is InChI=1S/C23H20N2O5/c1-16-12-13-19(14-20(16)25(28)29)24-21(26)15-30-23(27)22(17-8-4-2-5-9-17)18-10-6-3-7-11-18/h2-14,22H,15H2,1H3,(H,24,26). The number of rotatable bonds is 7. The first kappa shape index (κ1) is 20.7. The van der Waals surface area contributed by atoms with Crippen LogP contribution in [0.3, 0.4) is 0 Å². The van der Waals surface area contributed by atoms with Crippen LogP contribution >= 0.6 is 0 Å². The van der Waals surface area contributed by atoms with Gasteiger partial charge in [-0.15, -0.1) is 0 Å². The fourth-order valence-corrected chi connectivity index (χ4v) is 3.06. The van der Waals surface area contributed by atoms with Gasteiger partial charge in [-0.25, -0.2) is 0 Å². The van der Waals surface area contributed by atoms with Crippen molar-refractivity contribution in [3.8, 4) is 0 Å². The van der Waals surface area contributed by atoms with Crippen molar-refractivity contribution >= 4 is 23.3 Å². The highest BCUT2D eigenvalue weighted by Gasteiger charge is 2.25. The number of anilines is 1. The SMILES string of the molecule is Cc1ccc(NC(=O)COC(=O)C(c2ccccc2)c2ccccc2)cc1[N+](=O)[O-]. The fourth-order valence-electron chi connectivity index (χ4n) is 3.06. The molecule has 7 nitrogen and oxygen atoms in total. The van der Waals surface area contributed by atoms with E-state index in [-0.39, 0.29) is 11.4 Å². The Morgan fingerprint density at radius 3 is 2.07 bits per heavy atom. The average molecular weight is 404 g/mol. The Hall–Kier alpha value is -4.00. The minimum Gasteiger partial charge on any atom is -0.455 e. The molecule has 0 fully saturated rings. The van der Waals surface area contributed by atoms with Crippen LogP contribution in [0, 0.1) is 17.0 Å². The lowest BCUT2D eigenvalue weighted by atomic mass is 9.91. The van der Waals surface area contributed by atoms with Crippen LogP contribution in [0.5, 0.6) is 0 Å². The molecule has 0 aliphatic heterocycles. The fraction of sp³-hybridized carbons (Fsp3) is 0.130. The van der Waals surface area contributed by atoms with E-state index >= 15 is 0 Å². The molecule has 0 saturated heterocycles. The molecule has 0 spiro atoms. The predicted octanol–water partition coefficient (Wildman–Crippen LogP) is 4.22. The van der Waals surface area contributed by atoms with E-state index in [9.17, 15) is 19.7 Å². The summed E-state index contributed by atoms with van der Waals surface area (Å²) in [6.45, 7) is 1.11. The number of carbonyl (C=O) groups is 2. The van der Waals surface area contributed by atoms with Crippen molar-refractivity contribution < 1.29 is 19.2 Å². The van der Waals surface area contributed by atoms with Crippen LogP contribution in [-0.2, 0) is 14.3 Å². The molecule has 0 bridgehead atoms. The van der Waals surface area contributed by atoms with Crippen molar-refractivity contribution in [3.63, 3.8) is 0 Å². The number of hydrogen-bond donors (Lipinski definition) is 1. The Morgan fingerprint density at radius 2 is 1.53 bits per heavy atom. The smallest absolute Gasteiger partial charge is 0.318 e. The van der Waals surface area contributed by atoms with Crippen LogP contribution < -0.4 is 5.32 Å². The van der Waals surface area contributed by atoms with Gasteiger partial charge in [0.05, 0.1) is 4.92 Å². The molecule has 3 aromatic rings. The Labute approximate surface area is 173 Å². The van der Waals surface area contributed by atoms with Crippen LogP contribution in [0.4, 0.5) is 11.4 Å². The number of carbonyl (C=O) groups excluding carboxylic acids is 2. The van der Waals surface area contributed by atoms with Gasteiger partial charge in [0.15, 0.2) is 6.61 Å². The number of amides is 1. The van der Waals surface area contributed by atoms with Gasteiger partial charge in [-0.05, 0) is 24.1 Å². The van der Waals surface area contributed by atoms with Gasteiger partial charge in [0.25, 0.3) is 11.6 Å². The lowest BCUT2D eigenvalue weighted by Crippen LogP contribution is -2.24. The van der Waals surface area contributed by atoms with Crippen LogP contribution in [0.25, 0.3) is 0 Å². The third kappa shape index (κ3) is 5.08. The molecular formula is C23H20N2O5. The van der Waals surface area contributed by atoms with Crippen LogP contribution in [0.2, 0.25) is 0 Å². The maximum absolute atomic E-state index is 12.8. The highest BCUT2D eigenvalue weighted by Crippen LogP contribution is 2.26. The predicted molar refractivity (Wildman–Crippen MR) is 112 cm³/mol. The summed E-state index contributed by atoms with van der Waals surface area (Å²) in [4.78, 5) is 35.5.